The molecule has 2 rings (SSSR count). The number of aliphatic imine (C=N–C) groups is 1. The van der Waals surface area contributed by atoms with Crippen molar-refractivity contribution in [3.8, 4) is 17.0 Å². The third-order valence-electron chi connectivity index (χ3n) is 6.96. The minimum atomic E-state index is -0.183. The van der Waals surface area contributed by atoms with Crippen LogP contribution in [0.15, 0.2) is 65.3 Å². The topological polar surface area (TPSA) is 79.6 Å². The second-order valence-corrected chi connectivity index (χ2v) is 13.7. The molecular formula is C40H61ClN2O3. The molecule has 0 radical (unpaired) electrons. The second-order valence-electron chi connectivity index (χ2n) is 13.3. The van der Waals surface area contributed by atoms with E-state index in [1.165, 1.54) is 26.0 Å². The van der Waals surface area contributed by atoms with Crippen molar-refractivity contribution in [3.05, 3.63) is 76.6 Å². The molecule has 46 heavy (non-hydrogen) atoms. The zero-order chi connectivity index (χ0) is 36.1. The summed E-state index contributed by atoms with van der Waals surface area (Å²) in [6.45, 7) is 29.9. The fourth-order valence-electron chi connectivity index (χ4n) is 2.90. The van der Waals surface area contributed by atoms with Gasteiger partial charge in [0.05, 0.1) is 5.69 Å². The number of rotatable bonds is 10. The molecule has 1 unspecified atom stereocenters. The minimum Gasteiger partial charge on any atom is -0.505 e. The van der Waals surface area contributed by atoms with Crippen molar-refractivity contribution >= 4 is 36.0 Å². The number of hydrogen-bond acceptors (Lipinski definition) is 5. The number of pyridine rings is 1. The summed E-state index contributed by atoms with van der Waals surface area (Å²) in [5.41, 5.74) is 4.73. The summed E-state index contributed by atoms with van der Waals surface area (Å²) in [5.74, 6) is 0.467. The Morgan fingerprint density at radius 2 is 1.57 bits per heavy atom. The van der Waals surface area contributed by atoms with Crippen molar-refractivity contribution in [2.75, 3.05) is 0 Å². The smallest absolute Gasteiger partial charge is 0.160 e. The fraction of sp³-hybridized carbons (Fsp3) is 0.500. The van der Waals surface area contributed by atoms with Gasteiger partial charge in [0.2, 0.25) is 0 Å². The van der Waals surface area contributed by atoms with Gasteiger partial charge in [0.1, 0.15) is 17.7 Å². The van der Waals surface area contributed by atoms with Gasteiger partial charge in [0.15, 0.2) is 5.78 Å². The van der Waals surface area contributed by atoms with E-state index >= 15 is 0 Å². The number of nitrogens with zero attached hydrogens (tertiary/aromatic N) is 2. The van der Waals surface area contributed by atoms with E-state index in [1.807, 2.05) is 64.1 Å². The Hall–Kier alpha value is -3.31. The van der Waals surface area contributed by atoms with E-state index in [2.05, 4.69) is 73.0 Å². The molecule has 6 heteroatoms. The molecule has 0 saturated carbocycles. The summed E-state index contributed by atoms with van der Waals surface area (Å²) in [4.78, 5) is 28.9. The minimum absolute atomic E-state index is 0.0455. The Kier molecular flexibility index (Phi) is 22.5. The first-order valence-corrected chi connectivity index (χ1v) is 16.7. The number of allylic oxidation sites excluding steroid dienone is 3. The molecule has 0 amide bonds. The zero-order valence-electron chi connectivity index (χ0n) is 30.9. The van der Waals surface area contributed by atoms with Gasteiger partial charge in [0, 0.05) is 40.1 Å². The predicted octanol–water partition coefficient (Wildman–Crippen LogP) is 12.0. The lowest BCUT2D eigenvalue weighted by Gasteiger charge is -2.23. The molecule has 1 N–H and O–H groups in total. The Morgan fingerprint density at radius 3 is 1.93 bits per heavy atom. The number of benzene rings is 1. The molecular weight excluding hydrogens is 592 g/mol. The van der Waals surface area contributed by atoms with Gasteiger partial charge in [-0.15, -0.1) is 0 Å². The second kappa shape index (κ2) is 23.1. The summed E-state index contributed by atoms with van der Waals surface area (Å²) < 4.78 is 0. The van der Waals surface area contributed by atoms with Crippen LogP contribution in [-0.2, 0) is 15.0 Å². The van der Waals surface area contributed by atoms with Crippen molar-refractivity contribution in [3.63, 3.8) is 0 Å². The first kappa shape index (κ1) is 44.8. The average molecular weight is 653 g/mol. The highest BCUT2D eigenvalue weighted by Crippen LogP contribution is 2.37. The summed E-state index contributed by atoms with van der Waals surface area (Å²) in [7, 11) is 0. The van der Waals surface area contributed by atoms with Crippen LogP contribution in [0.3, 0.4) is 0 Å². The van der Waals surface area contributed by atoms with E-state index in [0.717, 1.165) is 41.5 Å². The number of ketones is 1. The Labute approximate surface area is 286 Å². The van der Waals surface area contributed by atoms with Gasteiger partial charge in [-0.3, -0.25) is 9.79 Å². The van der Waals surface area contributed by atoms with Crippen molar-refractivity contribution < 1.29 is 14.7 Å². The van der Waals surface area contributed by atoms with Gasteiger partial charge in [-0.25, -0.2) is 4.98 Å². The van der Waals surface area contributed by atoms with Gasteiger partial charge in [-0.1, -0.05) is 124 Å². The van der Waals surface area contributed by atoms with Crippen LogP contribution in [0.5, 0.6) is 5.75 Å². The molecule has 1 heterocycles. The van der Waals surface area contributed by atoms with Crippen LogP contribution in [-0.4, -0.2) is 28.4 Å². The third kappa shape index (κ3) is 19.9. The number of aromatic hydroxyl groups is 1. The molecule has 2 aromatic rings. The van der Waals surface area contributed by atoms with Crippen LogP contribution in [0.1, 0.15) is 127 Å². The highest BCUT2D eigenvalue weighted by atomic mass is 35.5. The number of aldehydes is 1. The van der Waals surface area contributed by atoms with E-state index < -0.39 is 0 Å². The molecule has 1 aromatic carbocycles. The van der Waals surface area contributed by atoms with Crippen LogP contribution < -0.4 is 0 Å². The summed E-state index contributed by atoms with van der Waals surface area (Å²) in [6, 6.07) is 9.60. The lowest BCUT2D eigenvalue weighted by molar-refractivity contribution is -0.113. The molecule has 0 aliphatic carbocycles. The van der Waals surface area contributed by atoms with Crippen LogP contribution >= 0.6 is 11.6 Å². The molecule has 0 aliphatic heterocycles. The van der Waals surface area contributed by atoms with Crippen molar-refractivity contribution in [2.45, 2.75) is 121 Å². The molecule has 0 spiro atoms. The van der Waals surface area contributed by atoms with Crippen LogP contribution in [0.4, 0.5) is 0 Å². The maximum atomic E-state index is 10.8. The summed E-state index contributed by atoms with van der Waals surface area (Å²) in [6.07, 6.45) is 12.8. The number of unbranched alkanes of at least 4 members (excludes halogenated alkanes) is 1. The van der Waals surface area contributed by atoms with E-state index in [4.69, 9.17) is 16.6 Å². The van der Waals surface area contributed by atoms with Crippen LogP contribution in [0.2, 0.25) is 5.02 Å². The van der Waals surface area contributed by atoms with Crippen molar-refractivity contribution in [2.24, 2.45) is 16.3 Å². The highest BCUT2D eigenvalue weighted by Gasteiger charge is 2.22. The highest BCUT2D eigenvalue weighted by molar-refractivity contribution is 6.30. The number of halogens is 1. The maximum Gasteiger partial charge on any atom is 0.160 e. The monoisotopic (exact) mass is 652 g/mol. The van der Waals surface area contributed by atoms with E-state index in [9.17, 15) is 14.7 Å². The number of carbonyl (C=O) groups is 2. The van der Waals surface area contributed by atoms with Crippen LogP contribution in [0.25, 0.3) is 17.3 Å². The van der Waals surface area contributed by atoms with Gasteiger partial charge in [-0.2, -0.15) is 0 Å². The van der Waals surface area contributed by atoms with Crippen molar-refractivity contribution in [1.82, 2.24) is 4.98 Å². The third-order valence-corrected chi connectivity index (χ3v) is 7.21. The van der Waals surface area contributed by atoms with Gasteiger partial charge in [0.25, 0.3) is 0 Å². The number of carbonyl (C=O) groups excluding carboxylic acids is 2. The standard InChI is InChI=1S/C22H28ClNO.C9H13NO.C5H10O.C4H10/c1-7-22(5,6)13-12-18-20(25)17(21(2,3)4)14-19(24-18)15-8-10-16(23)11-9-15;1-7(2)5-10-6-8(3)9(4)11;1-3-5(2)4-6;1-3-4-2/h8-14,25H,7H2,1-6H3;5-6H,3H2,1-2,4H3;4-5H,3H2,1-2H3;3-4H2,1-2H3/b13-12+;;;. The molecule has 256 valence electrons. The average Bonchev–Trinajstić information content (AvgIpc) is 3.00. The lowest BCUT2D eigenvalue weighted by Crippen LogP contribution is -2.13. The molecule has 0 bridgehead atoms. The summed E-state index contributed by atoms with van der Waals surface area (Å²) in [5, 5.41) is 11.5. The molecule has 0 fully saturated rings. The van der Waals surface area contributed by atoms with E-state index in [0.29, 0.717) is 16.3 Å². The number of aromatic nitrogens is 1. The van der Waals surface area contributed by atoms with E-state index in [1.54, 1.807) is 6.20 Å². The quantitative estimate of drug-likeness (QED) is 0.157. The molecule has 1 atom stereocenters. The Balaban J connectivity index is 0. The normalized spacial score (nSPS) is 11.7. The SMILES string of the molecule is C=C(C=NC=C(C)C)C(C)=O.CCC(C)(C)/C=C/c1nc(-c2ccc(Cl)cc2)cc(C(C)(C)C)c1O.CCC(C)C=O.CCCC. The van der Waals surface area contributed by atoms with Crippen LogP contribution in [0, 0.1) is 11.3 Å². The fourth-order valence-corrected chi connectivity index (χ4v) is 3.03. The Morgan fingerprint density at radius 1 is 1.02 bits per heavy atom. The number of Topliss-reactive ketones (excluding diaryl/α,β-unsaturated/α-hetero) is 1. The maximum absolute atomic E-state index is 10.8. The molecule has 1 aromatic heterocycles. The van der Waals surface area contributed by atoms with Gasteiger partial charge >= 0.3 is 0 Å². The van der Waals surface area contributed by atoms with Gasteiger partial charge < -0.3 is 9.90 Å². The predicted molar refractivity (Wildman–Crippen MR) is 202 cm³/mol. The van der Waals surface area contributed by atoms with Gasteiger partial charge in [-0.05, 0) is 68.7 Å². The number of hydrogen-bond donors (Lipinski definition) is 1. The lowest BCUT2D eigenvalue weighted by atomic mass is 9.84. The largest absolute Gasteiger partial charge is 0.505 e. The summed E-state index contributed by atoms with van der Waals surface area (Å²) >= 11 is 6.00. The van der Waals surface area contributed by atoms with Crippen molar-refractivity contribution in [1.29, 1.82) is 0 Å². The molecule has 5 nitrogen and oxygen atoms in total. The Bertz CT molecular complexity index is 1290. The van der Waals surface area contributed by atoms with E-state index in [-0.39, 0.29) is 28.3 Å². The molecule has 0 aliphatic rings. The first-order chi connectivity index (χ1) is 21.3. The first-order valence-electron chi connectivity index (χ1n) is 16.3. The molecule has 0 saturated heterocycles. The zero-order valence-corrected chi connectivity index (χ0v) is 31.7.